The van der Waals surface area contributed by atoms with Crippen LogP contribution in [0.3, 0.4) is 0 Å². The molecule has 32 heavy (non-hydrogen) atoms. The number of halogens is 1. The first-order valence-electron chi connectivity index (χ1n) is 10.7. The zero-order chi connectivity index (χ0) is 22.7. The number of piperidine rings is 1. The summed E-state index contributed by atoms with van der Waals surface area (Å²) in [6.45, 7) is 0.721. The molecule has 170 valence electrons. The summed E-state index contributed by atoms with van der Waals surface area (Å²) in [6, 6.07) is 11.1. The highest BCUT2D eigenvalue weighted by molar-refractivity contribution is 7.89. The van der Waals surface area contributed by atoms with Crippen molar-refractivity contribution < 1.29 is 27.1 Å². The number of ether oxygens (including phenoxy) is 1. The number of sulfonamides is 1. The third-order valence-electron chi connectivity index (χ3n) is 5.95. The van der Waals surface area contributed by atoms with Gasteiger partial charge in [-0.2, -0.15) is 4.31 Å². The van der Waals surface area contributed by atoms with E-state index in [9.17, 15) is 22.4 Å². The highest BCUT2D eigenvalue weighted by Crippen LogP contribution is 2.30. The fourth-order valence-electron chi connectivity index (χ4n) is 4.20. The van der Waals surface area contributed by atoms with E-state index in [4.69, 9.17) is 4.74 Å². The molecule has 0 aromatic heterocycles. The smallest absolute Gasteiger partial charge is 0.325 e. The molecule has 0 saturated carbocycles. The molecule has 0 bridgehead atoms. The Morgan fingerprint density at radius 3 is 2.34 bits per heavy atom. The lowest BCUT2D eigenvalue weighted by Gasteiger charge is -2.34. The number of esters is 1. The van der Waals surface area contributed by atoms with Gasteiger partial charge in [-0.3, -0.25) is 9.59 Å². The maximum Gasteiger partial charge on any atom is 0.325 e. The summed E-state index contributed by atoms with van der Waals surface area (Å²) in [6.07, 6.45) is 2.97. The molecule has 1 amide bonds. The summed E-state index contributed by atoms with van der Waals surface area (Å²) < 4.78 is 47.2. The van der Waals surface area contributed by atoms with E-state index in [1.54, 1.807) is 17.0 Å². The summed E-state index contributed by atoms with van der Waals surface area (Å²) in [5.74, 6) is -2.00. The molecular formula is C23H25FN2O5S. The van der Waals surface area contributed by atoms with Crippen molar-refractivity contribution in [1.29, 1.82) is 0 Å². The molecule has 0 unspecified atom stereocenters. The lowest BCUT2D eigenvalue weighted by atomic mass is 9.96. The Labute approximate surface area is 186 Å². The number of hydrogen-bond donors (Lipinski definition) is 0. The van der Waals surface area contributed by atoms with Gasteiger partial charge in [0.1, 0.15) is 16.8 Å². The van der Waals surface area contributed by atoms with Crippen molar-refractivity contribution in [3.8, 4) is 0 Å². The van der Waals surface area contributed by atoms with E-state index >= 15 is 0 Å². The zero-order valence-corrected chi connectivity index (χ0v) is 18.4. The molecule has 1 atom stereocenters. The molecule has 1 fully saturated rings. The van der Waals surface area contributed by atoms with Gasteiger partial charge in [-0.05, 0) is 42.5 Å². The van der Waals surface area contributed by atoms with Crippen molar-refractivity contribution in [2.75, 3.05) is 19.7 Å². The van der Waals surface area contributed by atoms with Gasteiger partial charge in [0, 0.05) is 26.1 Å². The first-order chi connectivity index (χ1) is 15.4. The van der Waals surface area contributed by atoms with Crippen LogP contribution in [0.5, 0.6) is 0 Å². The van der Waals surface area contributed by atoms with Crippen molar-refractivity contribution in [1.82, 2.24) is 9.21 Å². The second-order valence-electron chi connectivity index (χ2n) is 8.02. The van der Waals surface area contributed by atoms with Crippen LogP contribution in [0.4, 0.5) is 4.39 Å². The summed E-state index contributed by atoms with van der Waals surface area (Å²) >= 11 is 0. The van der Waals surface area contributed by atoms with Crippen molar-refractivity contribution in [2.24, 2.45) is 0 Å². The number of likely N-dealkylation sites (tertiary alicyclic amines) is 1. The Morgan fingerprint density at radius 1 is 0.969 bits per heavy atom. The van der Waals surface area contributed by atoms with Gasteiger partial charge in [0.25, 0.3) is 5.91 Å². The van der Waals surface area contributed by atoms with Crippen molar-refractivity contribution >= 4 is 21.9 Å². The van der Waals surface area contributed by atoms with Crippen LogP contribution in [0.25, 0.3) is 0 Å². The van der Waals surface area contributed by atoms with Gasteiger partial charge in [0.05, 0.1) is 0 Å². The molecule has 4 rings (SSSR count). The Morgan fingerprint density at radius 2 is 1.62 bits per heavy atom. The van der Waals surface area contributed by atoms with E-state index in [0.29, 0.717) is 13.1 Å². The molecule has 0 N–H and O–H groups in total. The number of carbonyl (C=O) groups is 2. The van der Waals surface area contributed by atoms with Crippen LogP contribution < -0.4 is 0 Å². The first-order valence-corrected chi connectivity index (χ1v) is 12.1. The highest BCUT2D eigenvalue weighted by Gasteiger charge is 2.41. The quantitative estimate of drug-likeness (QED) is 0.641. The van der Waals surface area contributed by atoms with Crippen molar-refractivity contribution in [3.05, 3.63) is 65.5 Å². The summed E-state index contributed by atoms with van der Waals surface area (Å²) in [7, 11) is -4.33. The predicted octanol–water partition coefficient (Wildman–Crippen LogP) is 2.50. The summed E-state index contributed by atoms with van der Waals surface area (Å²) in [5, 5.41) is 0. The maximum atomic E-state index is 14.4. The minimum absolute atomic E-state index is 0.0839. The van der Waals surface area contributed by atoms with Gasteiger partial charge in [-0.15, -0.1) is 0 Å². The second-order valence-corrected chi connectivity index (χ2v) is 9.88. The van der Waals surface area contributed by atoms with Crippen molar-refractivity contribution in [3.63, 3.8) is 0 Å². The molecule has 0 aliphatic carbocycles. The number of amides is 1. The second kappa shape index (κ2) is 9.38. The molecule has 0 spiro atoms. The molecule has 2 aliphatic heterocycles. The van der Waals surface area contributed by atoms with Crippen LogP contribution >= 0.6 is 0 Å². The predicted molar refractivity (Wildman–Crippen MR) is 114 cm³/mol. The molecule has 2 heterocycles. The third-order valence-corrected chi connectivity index (χ3v) is 7.84. The average molecular weight is 461 g/mol. The standard InChI is InChI=1S/C23H25FN2O5S/c24-19-10-4-5-11-21(19)32(29,30)26-15-18-9-3-2-8-17(18)14-20(26)23(28)31-16-22(27)25-12-6-1-7-13-25/h2-5,8-11,20H,1,6-7,12-16H2/t20-/m0/s1. The fraction of sp³-hybridized carbons (Fsp3) is 0.391. The largest absolute Gasteiger partial charge is 0.454 e. The van der Waals surface area contributed by atoms with Crippen LogP contribution in [0.1, 0.15) is 30.4 Å². The normalized spacial score (nSPS) is 19.3. The van der Waals surface area contributed by atoms with Gasteiger partial charge < -0.3 is 9.64 Å². The Bertz CT molecular complexity index is 1110. The van der Waals surface area contributed by atoms with Gasteiger partial charge in [-0.1, -0.05) is 36.4 Å². The monoisotopic (exact) mass is 460 g/mol. The fourth-order valence-corrected chi connectivity index (χ4v) is 5.82. The Kier molecular flexibility index (Phi) is 6.57. The molecule has 2 aliphatic rings. The Balaban J connectivity index is 1.58. The SMILES string of the molecule is O=C(OCC(=O)N1CCCCC1)[C@@H]1Cc2ccccc2CN1S(=O)(=O)c1ccccc1F. The lowest BCUT2D eigenvalue weighted by molar-refractivity contribution is -0.155. The zero-order valence-electron chi connectivity index (χ0n) is 17.6. The minimum Gasteiger partial charge on any atom is -0.454 e. The van der Waals surface area contributed by atoms with E-state index in [1.165, 1.54) is 18.2 Å². The van der Waals surface area contributed by atoms with E-state index in [0.717, 1.165) is 40.8 Å². The minimum atomic E-state index is -4.33. The van der Waals surface area contributed by atoms with E-state index in [2.05, 4.69) is 0 Å². The van der Waals surface area contributed by atoms with Gasteiger partial charge in [0.2, 0.25) is 10.0 Å². The third kappa shape index (κ3) is 4.54. The molecule has 2 aromatic rings. The number of fused-ring (bicyclic) bond motifs is 1. The number of carbonyl (C=O) groups excluding carboxylic acids is 2. The van der Waals surface area contributed by atoms with E-state index in [-0.39, 0.29) is 18.9 Å². The average Bonchev–Trinajstić information content (AvgIpc) is 2.82. The van der Waals surface area contributed by atoms with Crippen LogP contribution in [0.15, 0.2) is 53.4 Å². The lowest BCUT2D eigenvalue weighted by Crippen LogP contribution is -2.50. The molecule has 2 aromatic carbocycles. The molecule has 0 radical (unpaired) electrons. The van der Waals surface area contributed by atoms with Crippen LogP contribution in [-0.4, -0.2) is 55.2 Å². The molecular weight excluding hydrogens is 435 g/mol. The Hall–Kier alpha value is -2.78. The molecule has 7 nitrogen and oxygen atoms in total. The van der Waals surface area contributed by atoms with Gasteiger partial charge in [0.15, 0.2) is 6.61 Å². The van der Waals surface area contributed by atoms with Crippen molar-refractivity contribution in [2.45, 2.75) is 43.2 Å². The highest BCUT2D eigenvalue weighted by atomic mass is 32.2. The van der Waals surface area contributed by atoms with E-state index in [1.807, 2.05) is 12.1 Å². The molecule has 1 saturated heterocycles. The van der Waals surface area contributed by atoms with Gasteiger partial charge >= 0.3 is 5.97 Å². The van der Waals surface area contributed by atoms with Crippen LogP contribution in [0.2, 0.25) is 0 Å². The first kappa shape index (κ1) is 22.4. The summed E-state index contributed by atoms with van der Waals surface area (Å²) in [4.78, 5) is 26.5. The summed E-state index contributed by atoms with van der Waals surface area (Å²) in [5.41, 5.74) is 1.55. The topological polar surface area (TPSA) is 84.0 Å². The van der Waals surface area contributed by atoms with Crippen LogP contribution in [-0.2, 0) is 37.3 Å². The number of rotatable bonds is 5. The molecule has 9 heteroatoms. The van der Waals surface area contributed by atoms with E-state index < -0.39 is 39.4 Å². The maximum absolute atomic E-state index is 14.4. The van der Waals surface area contributed by atoms with Gasteiger partial charge in [-0.25, -0.2) is 12.8 Å². The number of hydrogen-bond acceptors (Lipinski definition) is 5. The van der Waals surface area contributed by atoms with Crippen LogP contribution in [0, 0.1) is 5.82 Å². The number of benzene rings is 2. The number of nitrogens with zero attached hydrogens (tertiary/aromatic N) is 2.